The number of carbonyl (C=O) groups is 1. The Balaban J connectivity index is 1.59. The maximum absolute atomic E-state index is 11.4. The van der Waals surface area contributed by atoms with E-state index < -0.39 is 17.8 Å². The molecule has 7 nitrogen and oxygen atoms in total. The number of nitrogens with zero attached hydrogens (tertiary/aromatic N) is 3. The zero-order valence-electron chi connectivity index (χ0n) is 15.4. The number of aryl methyl sites for hydroxylation is 1. The molecule has 0 unspecified atom stereocenters. The summed E-state index contributed by atoms with van der Waals surface area (Å²) in [4.78, 5) is 11.4. The number of aromatic nitrogens is 3. The van der Waals surface area contributed by atoms with Crippen LogP contribution in [0.1, 0.15) is 61.4 Å². The number of nitrogens with two attached hydrogens (primary N) is 1. The SMILES string of the molecule is NC(=O)OC1(Cc2cn([C@H]3c4ccccc4CC[C@@H]3O)nn2)CCCCC1. The smallest absolute Gasteiger partial charge is 0.405 e. The van der Waals surface area contributed by atoms with E-state index in [9.17, 15) is 9.90 Å². The van der Waals surface area contributed by atoms with E-state index in [1.54, 1.807) is 4.68 Å². The first-order valence-corrected chi connectivity index (χ1v) is 9.71. The van der Waals surface area contributed by atoms with Crippen molar-refractivity contribution in [1.82, 2.24) is 15.0 Å². The lowest BCUT2D eigenvalue weighted by Crippen LogP contribution is -2.41. The van der Waals surface area contributed by atoms with Crippen molar-refractivity contribution >= 4 is 6.09 Å². The summed E-state index contributed by atoms with van der Waals surface area (Å²) < 4.78 is 7.28. The summed E-state index contributed by atoms with van der Waals surface area (Å²) in [6, 6.07) is 7.91. The fourth-order valence-corrected chi connectivity index (χ4v) is 4.62. The fourth-order valence-electron chi connectivity index (χ4n) is 4.62. The number of carbonyl (C=O) groups excluding carboxylic acids is 1. The summed E-state index contributed by atoms with van der Waals surface area (Å²) in [6.07, 6.45) is 7.44. The molecule has 1 amide bonds. The van der Waals surface area contributed by atoms with Gasteiger partial charge in [-0.15, -0.1) is 5.10 Å². The summed E-state index contributed by atoms with van der Waals surface area (Å²) in [5.74, 6) is 0. The zero-order chi connectivity index (χ0) is 18.9. The highest BCUT2D eigenvalue weighted by Gasteiger charge is 2.37. The van der Waals surface area contributed by atoms with Crippen LogP contribution in [-0.2, 0) is 17.6 Å². The van der Waals surface area contributed by atoms with Crippen molar-refractivity contribution in [3.05, 3.63) is 47.3 Å². The summed E-state index contributed by atoms with van der Waals surface area (Å²) in [7, 11) is 0. The quantitative estimate of drug-likeness (QED) is 0.861. The van der Waals surface area contributed by atoms with Crippen LogP contribution in [0.25, 0.3) is 0 Å². The van der Waals surface area contributed by atoms with Gasteiger partial charge in [0, 0.05) is 12.6 Å². The van der Waals surface area contributed by atoms with Crippen LogP contribution >= 0.6 is 0 Å². The van der Waals surface area contributed by atoms with Crippen molar-refractivity contribution in [2.24, 2.45) is 5.73 Å². The van der Waals surface area contributed by atoms with Gasteiger partial charge in [0.15, 0.2) is 0 Å². The fraction of sp³-hybridized carbons (Fsp3) is 0.550. The number of rotatable bonds is 4. The molecule has 1 fully saturated rings. The molecular formula is C20H26N4O3. The third-order valence-corrected chi connectivity index (χ3v) is 5.88. The number of fused-ring (bicyclic) bond motifs is 1. The van der Waals surface area contributed by atoms with E-state index in [4.69, 9.17) is 10.5 Å². The molecule has 1 aromatic carbocycles. The van der Waals surface area contributed by atoms with Crippen LogP contribution in [0.4, 0.5) is 4.79 Å². The lowest BCUT2D eigenvalue weighted by molar-refractivity contribution is -0.0123. The monoisotopic (exact) mass is 370 g/mol. The van der Waals surface area contributed by atoms with Gasteiger partial charge in [0.25, 0.3) is 0 Å². The Kier molecular flexibility index (Phi) is 4.86. The van der Waals surface area contributed by atoms with Crippen molar-refractivity contribution in [2.75, 3.05) is 0 Å². The lowest BCUT2D eigenvalue weighted by atomic mass is 9.81. The van der Waals surface area contributed by atoms with E-state index in [0.717, 1.165) is 49.8 Å². The van der Waals surface area contributed by atoms with Gasteiger partial charge in [0.1, 0.15) is 11.6 Å². The summed E-state index contributed by atoms with van der Waals surface area (Å²) >= 11 is 0. The van der Waals surface area contributed by atoms with Gasteiger partial charge in [-0.25, -0.2) is 9.48 Å². The molecule has 4 rings (SSSR count). The van der Waals surface area contributed by atoms with Gasteiger partial charge >= 0.3 is 6.09 Å². The van der Waals surface area contributed by atoms with E-state index in [0.29, 0.717) is 12.8 Å². The van der Waals surface area contributed by atoms with Crippen LogP contribution in [0.2, 0.25) is 0 Å². The molecule has 2 aliphatic rings. The first kappa shape index (κ1) is 18.0. The predicted molar refractivity (Wildman–Crippen MR) is 99.1 cm³/mol. The van der Waals surface area contributed by atoms with Gasteiger partial charge in [-0.05, 0) is 49.7 Å². The van der Waals surface area contributed by atoms with Gasteiger partial charge < -0.3 is 15.6 Å². The molecule has 0 saturated heterocycles. The average Bonchev–Trinajstić information content (AvgIpc) is 3.09. The number of aliphatic hydroxyl groups is 1. The molecule has 144 valence electrons. The zero-order valence-corrected chi connectivity index (χ0v) is 15.4. The minimum Gasteiger partial charge on any atom is -0.443 e. The molecule has 1 heterocycles. The van der Waals surface area contributed by atoms with E-state index >= 15 is 0 Å². The second-order valence-electron chi connectivity index (χ2n) is 7.78. The lowest BCUT2D eigenvalue weighted by Gasteiger charge is -2.35. The van der Waals surface area contributed by atoms with Gasteiger partial charge in [-0.3, -0.25) is 0 Å². The normalized spacial score (nSPS) is 24.2. The molecule has 2 atom stereocenters. The van der Waals surface area contributed by atoms with Crippen LogP contribution in [0.15, 0.2) is 30.5 Å². The number of hydrogen-bond acceptors (Lipinski definition) is 5. The second kappa shape index (κ2) is 7.31. The van der Waals surface area contributed by atoms with Crippen molar-refractivity contribution in [3.63, 3.8) is 0 Å². The van der Waals surface area contributed by atoms with Crippen LogP contribution in [-0.4, -0.2) is 37.9 Å². The Morgan fingerprint density at radius 1 is 1.30 bits per heavy atom. The molecule has 1 saturated carbocycles. The number of ether oxygens (including phenoxy) is 1. The molecule has 0 spiro atoms. The first-order valence-electron chi connectivity index (χ1n) is 9.71. The standard InChI is InChI=1S/C20H26N4O3/c21-19(26)27-20(10-4-1-5-11-20)12-15-13-24(23-22-15)18-16-7-3-2-6-14(16)8-9-17(18)25/h2-3,6-7,13,17-18,25H,1,4-5,8-12H2,(H2,21,26)/t17-,18-/m0/s1. The maximum atomic E-state index is 11.4. The Labute approximate surface area is 158 Å². The average molecular weight is 370 g/mol. The molecule has 2 aromatic rings. The largest absolute Gasteiger partial charge is 0.443 e. The van der Waals surface area contributed by atoms with E-state index in [2.05, 4.69) is 16.4 Å². The second-order valence-corrected chi connectivity index (χ2v) is 7.78. The van der Waals surface area contributed by atoms with E-state index in [1.165, 1.54) is 5.56 Å². The van der Waals surface area contributed by atoms with Crippen LogP contribution in [0.5, 0.6) is 0 Å². The molecule has 27 heavy (non-hydrogen) atoms. The van der Waals surface area contributed by atoms with Gasteiger partial charge in [0.2, 0.25) is 0 Å². The molecule has 1 aromatic heterocycles. The molecule has 0 aliphatic heterocycles. The number of aliphatic hydroxyl groups excluding tert-OH is 1. The molecule has 2 aliphatic carbocycles. The van der Waals surface area contributed by atoms with Crippen LogP contribution in [0.3, 0.4) is 0 Å². The van der Waals surface area contributed by atoms with E-state index in [1.807, 2.05) is 24.4 Å². The summed E-state index contributed by atoms with van der Waals surface area (Å²) in [5, 5.41) is 19.2. The molecule has 0 radical (unpaired) electrons. The number of benzene rings is 1. The molecular weight excluding hydrogens is 344 g/mol. The highest BCUT2D eigenvalue weighted by Crippen LogP contribution is 2.36. The predicted octanol–water partition coefficient (Wildman–Crippen LogP) is 2.52. The number of primary amides is 1. The van der Waals surface area contributed by atoms with Gasteiger partial charge in [0.05, 0.1) is 11.8 Å². The third kappa shape index (κ3) is 3.69. The minimum atomic E-state index is -0.735. The third-order valence-electron chi connectivity index (χ3n) is 5.88. The minimum absolute atomic E-state index is 0.240. The Morgan fingerprint density at radius 2 is 2.07 bits per heavy atom. The Morgan fingerprint density at radius 3 is 2.85 bits per heavy atom. The molecule has 7 heteroatoms. The van der Waals surface area contributed by atoms with Gasteiger partial charge in [-0.1, -0.05) is 35.9 Å². The highest BCUT2D eigenvalue weighted by atomic mass is 16.6. The first-order chi connectivity index (χ1) is 13.1. The number of amides is 1. The highest BCUT2D eigenvalue weighted by molar-refractivity contribution is 5.65. The van der Waals surface area contributed by atoms with Crippen molar-refractivity contribution in [1.29, 1.82) is 0 Å². The maximum Gasteiger partial charge on any atom is 0.405 e. The number of hydrogen-bond donors (Lipinski definition) is 2. The van der Waals surface area contributed by atoms with Gasteiger partial charge in [-0.2, -0.15) is 0 Å². The summed E-state index contributed by atoms with van der Waals surface area (Å²) in [5.41, 5.74) is 7.82. The Bertz CT molecular complexity index is 813. The van der Waals surface area contributed by atoms with Crippen molar-refractivity contribution in [3.8, 4) is 0 Å². The van der Waals surface area contributed by atoms with Crippen LogP contribution < -0.4 is 5.73 Å². The van der Waals surface area contributed by atoms with Crippen molar-refractivity contribution < 1.29 is 14.6 Å². The molecule has 0 bridgehead atoms. The summed E-state index contributed by atoms with van der Waals surface area (Å²) in [6.45, 7) is 0. The van der Waals surface area contributed by atoms with Crippen LogP contribution in [0, 0.1) is 0 Å². The Hall–Kier alpha value is -2.41. The topological polar surface area (TPSA) is 103 Å². The van der Waals surface area contributed by atoms with E-state index in [-0.39, 0.29) is 6.04 Å². The van der Waals surface area contributed by atoms with Crippen molar-refractivity contribution in [2.45, 2.75) is 69.1 Å². The molecule has 3 N–H and O–H groups in total.